The van der Waals surface area contributed by atoms with Crippen LogP contribution in [-0.2, 0) is 6.54 Å². The molecule has 1 N–H and O–H groups in total. The van der Waals surface area contributed by atoms with Gasteiger partial charge in [-0.3, -0.25) is 0 Å². The Morgan fingerprint density at radius 1 is 1.20 bits per heavy atom. The standard InChI is InChI=1S/C15H24ClN3O/c1-4-10-19(15(20)17-9-11-18(2)3)12-13-5-7-14(16)8-6-13/h5-8H,4,9-12H2,1-3H3,(H,17,20). The number of carbonyl (C=O) groups is 1. The Labute approximate surface area is 126 Å². The summed E-state index contributed by atoms with van der Waals surface area (Å²) in [4.78, 5) is 16.0. The second-order valence-corrected chi connectivity index (χ2v) is 5.52. The minimum atomic E-state index is -0.0105. The number of nitrogens with one attached hydrogen (secondary N) is 1. The van der Waals surface area contributed by atoms with E-state index in [2.05, 4.69) is 12.2 Å². The van der Waals surface area contributed by atoms with E-state index in [4.69, 9.17) is 11.6 Å². The first kappa shape index (κ1) is 16.8. The van der Waals surface area contributed by atoms with E-state index in [9.17, 15) is 4.79 Å². The van der Waals surface area contributed by atoms with Gasteiger partial charge >= 0.3 is 6.03 Å². The fourth-order valence-electron chi connectivity index (χ4n) is 1.83. The average Bonchev–Trinajstić information content (AvgIpc) is 2.40. The van der Waals surface area contributed by atoms with Crippen LogP contribution in [0, 0.1) is 0 Å². The van der Waals surface area contributed by atoms with E-state index in [1.54, 1.807) is 0 Å². The summed E-state index contributed by atoms with van der Waals surface area (Å²) in [6, 6.07) is 7.61. The molecule has 0 heterocycles. The number of hydrogen-bond acceptors (Lipinski definition) is 2. The van der Waals surface area contributed by atoms with Gasteiger partial charge in [-0.25, -0.2) is 4.79 Å². The summed E-state index contributed by atoms with van der Waals surface area (Å²) in [5.74, 6) is 0. The average molecular weight is 298 g/mol. The van der Waals surface area contributed by atoms with Gasteiger partial charge in [-0.1, -0.05) is 30.7 Å². The zero-order valence-electron chi connectivity index (χ0n) is 12.5. The number of urea groups is 1. The van der Waals surface area contributed by atoms with Crippen molar-refractivity contribution < 1.29 is 4.79 Å². The van der Waals surface area contributed by atoms with E-state index in [-0.39, 0.29) is 6.03 Å². The highest BCUT2D eigenvalue weighted by Gasteiger charge is 2.12. The zero-order chi connectivity index (χ0) is 15.0. The normalized spacial score (nSPS) is 10.7. The summed E-state index contributed by atoms with van der Waals surface area (Å²) < 4.78 is 0. The maximum atomic E-state index is 12.2. The predicted octanol–water partition coefficient (Wildman–Crippen LogP) is 2.82. The Kier molecular flexibility index (Phi) is 7.41. The summed E-state index contributed by atoms with van der Waals surface area (Å²) in [5.41, 5.74) is 1.09. The second kappa shape index (κ2) is 8.82. The molecule has 0 fully saturated rings. The quantitative estimate of drug-likeness (QED) is 0.840. The lowest BCUT2D eigenvalue weighted by molar-refractivity contribution is 0.194. The van der Waals surface area contributed by atoms with Crippen molar-refractivity contribution in [1.82, 2.24) is 15.1 Å². The van der Waals surface area contributed by atoms with Gasteiger partial charge in [-0.05, 0) is 38.2 Å². The van der Waals surface area contributed by atoms with Crippen LogP contribution >= 0.6 is 11.6 Å². The van der Waals surface area contributed by atoms with Crippen molar-refractivity contribution in [2.45, 2.75) is 19.9 Å². The van der Waals surface area contributed by atoms with Gasteiger partial charge < -0.3 is 15.1 Å². The molecule has 1 rings (SSSR count). The Balaban J connectivity index is 2.54. The van der Waals surface area contributed by atoms with Crippen LogP contribution in [0.2, 0.25) is 5.02 Å². The monoisotopic (exact) mass is 297 g/mol. The third kappa shape index (κ3) is 6.26. The van der Waals surface area contributed by atoms with Gasteiger partial charge in [0.2, 0.25) is 0 Å². The van der Waals surface area contributed by atoms with E-state index in [0.29, 0.717) is 18.1 Å². The maximum absolute atomic E-state index is 12.2. The van der Waals surface area contributed by atoms with Gasteiger partial charge in [-0.15, -0.1) is 0 Å². The van der Waals surface area contributed by atoms with Gasteiger partial charge in [0.05, 0.1) is 0 Å². The Bertz CT molecular complexity index is 406. The second-order valence-electron chi connectivity index (χ2n) is 5.08. The highest BCUT2D eigenvalue weighted by Crippen LogP contribution is 2.11. The van der Waals surface area contributed by atoms with E-state index >= 15 is 0 Å². The van der Waals surface area contributed by atoms with Crippen LogP contribution in [0.5, 0.6) is 0 Å². The van der Waals surface area contributed by atoms with Crippen molar-refractivity contribution in [3.8, 4) is 0 Å². The summed E-state index contributed by atoms with van der Waals surface area (Å²) in [5, 5.41) is 3.66. The SMILES string of the molecule is CCCN(Cc1ccc(Cl)cc1)C(=O)NCCN(C)C. The number of amides is 2. The minimum Gasteiger partial charge on any atom is -0.337 e. The van der Waals surface area contributed by atoms with E-state index in [1.807, 2.05) is 48.2 Å². The number of hydrogen-bond donors (Lipinski definition) is 1. The topological polar surface area (TPSA) is 35.6 Å². The van der Waals surface area contributed by atoms with Crippen molar-refractivity contribution in [1.29, 1.82) is 0 Å². The number of benzene rings is 1. The van der Waals surface area contributed by atoms with Gasteiger partial charge in [0.15, 0.2) is 0 Å². The predicted molar refractivity (Wildman–Crippen MR) is 84.1 cm³/mol. The highest BCUT2D eigenvalue weighted by molar-refractivity contribution is 6.30. The largest absolute Gasteiger partial charge is 0.337 e. The Morgan fingerprint density at radius 2 is 1.85 bits per heavy atom. The van der Waals surface area contributed by atoms with Crippen molar-refractivity contribution >= 4 is 17.6 Å². The molecule has 0 aliphatic carbocycles. The molecule has 0 aromatic heterocycles. The van der Waals surface area contributed by atoms with Gasteiger partial charge in [0, 0.05) is 31.2 Å². The third-order valence-electron chi connectivity index (χ3n) is 2.90. The third-order valence-corrected chi connectivity index (χ3v) is 3.15. The first-order valence-electron chi connectivity index (χ1n) is 6.95. The Morgan fingerprint density at radius 3 is 2.40 bits per heavy atom. The molecule has 0 aliphatic rings. The molecular weight excluding hydrogens is 274 g/mol. The summed E-state index contributed by atoms with van der Waals surface area (Å²) in [6.45, 7) is 4.93. The summed E-state index contributed by atoms with van der Waals surface area (Å²) in [6.07, 6.45) is 0.939. The molecule has 0 spiro atoms. The number of carbonyl (C=O) groups excluding carboxylic acids is 1. The lowest BCUT2D eigenvalue weighted by Gasteiger charge is -2.23. The molecule has 0 aliphatic heterocycles. The number of nitrogens with zero attached hydrogens (tertiary/aromatic N) is 2. The van der Waals surface area contributed by atoms with Crippen LogP contribution in [0.3, 0.4) is 0 Å². The van der Waals surface area contributed by atoms with Crippen molar-refractivity contribution in [2.24, 2.45) is 0 Å². The molecule has 0 saturated heterocycles. The molecule has 1 aromatic carbocycles. The van der Waals surface area contributed by atoms with Crippen LogP contribution in [0.1, 0.15) is 18.9 Å². The van der Waals surface area contributed by atoms with Crippen LogP contribution < -0.4 is 5.32 Å². The minimum absolute atomic E-state index is 0.0105. The zero-order valence-corrected chi connectivity index (χ0v) is 13.3. The van der Waals surface area contributed by atoms with Gasteiger partial charge in [-0.2, -0.15) is 0 Å². The number of rotatable bonds is 7. The van der Waals surface area contributed by atoms with Crippen LogP contribution in [0.25, 0.3) is 0 Å². The van der Waals surface area contributed by atoms with E-state index in [1.165, 1.54) is 0 Å². The summed E-state index contributed by atoms with van der Waals surface area (Å²) >= 11 is 5.87. The molecular formula is C15H24ClN3O. The molecule has 0 bridgehead atoms. The molecule has 0 unspecified atom stereocenters. The van der Waals surface area contributed by atoms with Crippen LogP contribution in [0.4, 0.5) is 4.79 Å². The molecule has 0 radical (unpaired) electrons. The van der Waals surface area contributed by atoms with Crippen molar-refractivity contribution in [2.75, 3.05) is 33.7 Å². The molecule has 2 amide bonds. The molecule has 0 atom stereocenters. The van der Waals surface area contributed by atoms with Gasteiger partial charge in [0.1, 0.15) is 0 Å². The van der Waals surface area contributed by atoms with Gasteiger partial charge in [0.25, 0.3) is 0 Å². The molecule has 0 saturated carbocycles. The van der Waals surface area contributed by atoms with Crippen LogP contribution in [-0.4, -0.2) is 49.6 Å². The first-order valence-corrected chi connectivity index (χ1v) is 7.32. The molecule has 5 heteroatoms. The lowest BCUT2D eigenvalue weighted by atomic mass is 10.2. The van der Waals surface area contributed by atoms with Crippen molar-refractivity contribution in [3.05, 3.63) is 34.9 Å². The molecule has 4 nitrogen and oxygen atoms in total. The molecule has 20 heavy (non-hydrogen) atoms. The van der Waals surface area contributed by atoms with Crippen LogP contribution in [0.15, 0.2) is 24.3 Å². The molecule has 112 valence electrons. The fraction of sp³-hybridized carbons (Fsp3) is 0.533. The maximum Gasteiger partial charge on any atom is 0.317 e. The van der Waals surface area contributed by atoms with E-state index in [0.717, 1.165) is 25.1 Å². The lowest BCUT2D eigenvalue weighted by Crippen LogP contribution is -2.42. The first-order chi connectivity index (χ1) is 9.52. The van der Waals surface area contributed by atoms with Crippen molar-refractivity contribution in [3.63, 3.8) is 0 Å². The summed E-state index contributed by atoms with van der Waals surface area (Å²) in [7, 11) is 3.98. The molecule has 1 aromatic rings. The fourth-order valence-corrected chi connectivity index (χ4v) is 1.96. The highest BCUT2D eigenvalue weighted by atomic mass is 35.5. The number of likely N-dealkylation sites (N-methyl/N-ethyl adjacent to an activating group) is 1. The Hall–Kier alpha value is -1.26. The smallest absolute Gasteiger partial charge is 0.317 e. The number of halogens is 1. The van der Waals surface area contributed by atoms with E-state index < -0.39 is 0 Å².